The summed E-state index contributed by atoms with van der Waals surface area (Å²) < 4.78 is 50.7. The van der Waals surface area contributed by atoms with Crippen LogP contribution in [0.4, 0.5) is 18.9 Å². The second kappa shape index (κ2) is 11.4. The van der Waals surface area contributed by atoms with Gasteiger partial charge >= 0.3 is 0 Å². The molecular weight excluding hydrogens is 449 g/mol. The van der Waals surface area contributed by atoms with E-state index < -0.39 is 41.5 Å². The number of benzene rings is 2. The predicted octanol–water partition coefficient (Wildman–Crippen LogP) is 4.57. The summed E-state index contributed by atoms with van der Waals surface area (Å²) in [6.07, 6.45) is 2.61. The molecule has 2 rings (SSSR count). The highest BCUT2D eigenvalue weighted by Crippen LogP contribution is 2.37. The van der Waals surface area contributed by atoms with Crippen LogP contribution in [0.15, 0.2) is 30.3 Å². The first-order valence-corrected chi connectivity index (χ1v) is 9.89. The number of anilines is 1. The lowest BCUT2D eigenvalue weighted by Gasteiger charge is -2.14. The third-order valence-electron chi connectivity index (χ3n) is 3.97. The summed E-state index contributed by atoms with van der Waals surface area (Å²) in [7, 11) is 1.46. The number of carbonyl (C=O) groups is 2. The number of halogens is 4. The van der Waals surface area contributed by atoms with Crippen LogP contribution in [0.2, 0.25) is 5.02 Å². The second-order valence-corrected chi connectivity index (χ2v) is 7.47. The van der Waals surface area contributed by atoms with Gasteiger partial charge in [-0.05, 0) is 41.8 Å². The van der Waals surface area contributed by atoms with Gasteiger partial charge in [0.15, 0.2) is 29.0 Å². The lowest BCUT2D eigenvalue weighted by Crippen LogP contribution is -2.32. The van der Waals surface area contributed by atoms with Crippen molar-refractivity contribution < 1.29 is 32.2 Å². The number of ether oxygens (including phenoxy) is 2. The summed E-state index contributed by atoms with van der Waals surface area (Å²) >= 11 is 6.25. The van der Waals surface area contributed by atoms with E-state index >= 15 is 0 Å². The number of hydrogen-bond donors (Lipinski definition) is 2. The lowest BCUT2D eigenvalue weighted by atomic mass is 10.1. The quantitative estimate of drug-likeness (QED) is 0.416. The maximum atomic E-state index is 13.6. The molecule has 0 aromatic heterocycles. The number of rotatable bonds is 9. The highest BCUT2D eigenvalue weighted by atomic mass is 35.5. The summed E-state index contributed by atoms with van der Waals surface area (Å²) in [5.41, 5.74) is 0.00686. The Balaban J connectivity index is 1.96. The molecule has 10 heteroatoms. The number of carbonyl (C=O) groups excluding carboxylic acids is 2. The van der Waals surface area contributed by atoms with Gasteiger partial charge in [-0.2, -0.15) is 0 Å². The average Bonchev–Trinajstić information content (AvgIpc) is 2.75. The van der Waals surface area contributed by atoms with Crippen LogP contribution in [0.25, 0.3) is 6.08 Å². The minimum absolute atomic E-state index is 0.287. The van der Waals surface area contributed by atoms with Crippen molar-refractivity contribution >= 4 is 35.2 Å². The standard InChI is InChI=1S/C22H22ClF3N2O4/c1-12(2)11-32-22-14(23)8-13(9-17(22)31-3)4-7-18(29)27-10-19(30)28-16-6-5-15(24)20(25)21(16)26/h4-9,12H,10-11H2,1-3H3,(H,27,29)(H,28,30)/b7-4+. The zero-order chi connectivity index (χ0) is 23.8. The number of methoxy groups -OCH3 is 1. The second-order valence-electron chi connectivity index (χ2n) is 7.06. The topological polar surface area (TPSA) is 76.7 Å². The Morgan fingerprint density at radius 2 is 1.88 bits per heavy atom. The van der Waals surface area contributed by atoms with E-state index in [0.29, 0.717) is 34.8 Å². The fourth-order valence-corrected chi connectivity index (χ4v) is 2.71. The van der Waals surface area contributed by atoms with Gasteiger partial charge in [-0.25, -0.2) is 13.2 Å². The van der Waals surface area contributed by atoms with E-state index in [4.69, 9.17) is 21.1 Å². The first-order valence-electron chi connectivity index (χ1n) is 9.52. The van der Waals surface area contributed by atoms with Crippen LogP contribution in [0.1, 0.15) is 19.4 Å². The van der Waals surface area contributed by atoms with Gasteiger partial charge in [-0.1, -0.05) is 25.4 Å². The van der Waals surface area contributed by atoms with Gasteiger partial charge < -0.3 is 20.1 Å². The van der Waals surface area contributed by atoms with E-state index in [0.717, 1.165) is 12.1 Å². The SMILES string of the molecule is COc1cc(/C=C/C(=O)NCC(=O)Nc2ccc(F)c(F)c2F)cc(Cl)c1OCC(C)C. The van der Waals surface area contributed by atoms with E-state index in [9.17, 15) is 22.8 Å². The molecule has 0 atom stereocenters. The molecule has 2 aromatic carbocycles. The molecule has 0 bridgehead atoms. The van der Waals surface area contributed by atoms with Gasteiger partial charge in [0.1, 0.15) is 0 Å². The van der Waals surface area contributed by atoms with Crippen LogP contribution in [-0.2, 0) is 9.59 Å². The highest BCUT2D eigenvalue weighted by Gasteiger charge is 2.15. The lowest BCUT2D eigenvalue weighted by molar-refractivity contribution is -0.121. The number of hydrogen-bond acceptors (Lipinski definition) is 4. The van der Waals surface area contributed by atoms with Crippen LogP contribution in [0.5, 0.6) is 11.5 Å². The fourth-order valence-electron chi connectivity index (χ4n) is 2.44. The van der Waals surface area contributed by atoms with Crippen LogP contribution in [-0.4, -0.2) is 32.1 Å². The van der Waals surface area contributed by atoms with Gasteiger partial charge in [-0.3, -0.25) is 9.59 Å². The van der Waals surface area contributed by atoms with Gasteiger partial charge in [-0.15, -0.1) is 0 Å². The van der Waals surface area contributed by atoms with Gasteiger partial charge in [0.05, 0.1) is 31.0 Å². The van der Waals surface area contributed by atoms with Crippen molar-refractivity contribution in [2.75, 3.05) is 25.6 Å². The Labute approximate surface area is 188 Å². The number of nitrogens with one attached hydrogen (secondary N) is 2. The van der Waals surface area contributed by atoms with Crippen molar-refractivity contribution in [3.63, 3.8) is 0 Å². The van der Waals surface area contributed by atoms with Crippen molar-refractivity contribution in [2.45, 2.75) is 13.8 Å². The van der Waals surface area contributed by atoms with Crippen molar-refractivity contribution in [1.29, 1.82) is 0 Å². The molecule has 32 heavy (non-hydrogen) atoms. The maximum absolute atomic E-state index is 13.6. The molecule has 0 aliphatic heterocycles. The van der Waals surface area contributed by atoms with E-state index in [-0.39, 0.29) is 5.92 Å². The highest BCUT2D eigenvalue weighted by molar-refractivity contribution is 6.32. The molecule has 172 valence electrons. The van der Waals surface area contributed by atoms with E-state index in [2.05, 4.69) is 5.32 Å². The van der Waals surface area contributed by atoms with E-state index in [1.165, 1.54) is 13.2 Å². The molecular formula is C22H22ClF3N2O4. The first-order chi connectivity index (χ1) is 15.1. The Hall–Kier alpha value is -3.20. The van der Waals surface area contributed by atoms with E-state index in [1.54, 1.807) is 12.1 Å². The monoisotopic (exact) mass is 470 g/mol. The maximum Gasteiger partial charge on any atom is 0.244 e. The zero-order valence-electron chi connectivity index (χ0n) is 17.6. The molecule has 0 fully saturated rings. The number of amides is 2. The Morgan fingerprint density at radius 3 is 2.53 bits per heavy atom. The average molecular weight is 471 g/mol. The molecule has 0 heterocycles. The van der Waals surface area contributed by atoms with Crippen LogP contribution >= 0.6 is 11.6 Å². The summed E-state index contributed by atoms with van der Waals surface area (Å²) in [5, 5.41) is 4.64. The minimum atomic E-state index is -1.70. The predicted molar refractivity (Wildman–Crippen MR) is 115 cm³/mol. The molecule has 0 aliphatic rings. The van der Waals surface area contributed by atoms with Gasteiger partial charge in [0, 0.05) is 6.08 Å². The van der Waals surface area contributed by atoms with Crippen molar-refractivity contribution in [3.8, 4) is 11.5 Å². The summed E-state index contributed by atoms with van der Waals surface area (Å²) in [5.74, 6) is -4.99. The van der Waals surface area contributed by atoms with Crippen LogP contribution in [0.3, 0.4) is 0 Å². The zero-order valence-corrected chi connectivity index (χ0v) is 18.4. The minimum Gasteiger partial charge on any atom is -0.493 e. The Morgan fingerprint density at radius 1 is 1.16 bits per heavy atom. The third-order valence-corrected chi connectivity index (χ3v) is 4.25. The van der Waals surface area contributed by atoms with Crippen LogP contribution in [0, 0.1) is 23.4 Å². The largest absolute Gasteiger partial charge is 0.493 e. The summed E-state index contributed by atoms with van der Waals surface area (Å²) in [6, 6.07) is 4.76. The van der Waals surface area contributed by atoms with Gasteiger partial charge in [0.25, 0.3) is 0 Å². The first kappa shape index (κ1) is 25.1. The summed E-state index contributed by atoms with van der Waals surface area (Å²) in [4.78, 5) is 23.8. The molecule has 2 aromatic rings. The summed E-state index contributed by atoms with van der Waals surface area (Å²) in [6.45, 7) is 3.91. The van der Waals surface area contributed by atoms with Crippen molar-refractivity contribution in [3.05, 3.63) is 58.4 Å². The van der Waals surface area contributed by atoms with Crippen molar-refractivity contribution in [1.82, 2.24) is 5.32 Å². The fraction of sp³-hybridized carbons (Fsp3) is 0.273. The van der Waals surface area contributed by atoms with Gasteiger partial charge in [0.2, 0.25) is 11.8 Å². The smallest absolute Gasteiger partial charge is 0.244 e. The Bertz CT molecular complexity index is 1030. The molecule has 0 saturated carbocycles. The molecule has 6 nitrogen and oxygen atoms in total. The Kier molecular flexibility index (Phi) is 8.95. The molecule has 0 unspecified atom stereocenters. The molecule has 0 spiro atoms. The molecule has 2 N–H and O–H groups in total. The molecule has 0 aliphatic carbocycles. The third kappa shape index (κ3) is 6.91. The van der Waals surface area contributed by atoms with Crippen molar-refractivity contribution in [2.24, 2.45) is 5.92 Å². The molecule has 0 radical (unpaired) electrons. The van der Waals surface area contributed by atoms with E-state index in [1.807, 2.05) is 19.2 Å². The molecule has 0 saturated heterocycles. The van der Waals surface area contributed by atoms with Crippen LogP contribution < -0.4 is 20.1 Å². The normalized spacial score (nSPS) is 11.0. The molecule has 2 amide bonds.